The van der Waals surface area contributed by atoms with Gasteiger partial charge in [-0.25, -0.2) is 14.4 Å². The number of nitrogens with zero attached hydrogens (tertiary/aromatic N) is 4. The number of carbonyl (C=O) groups excluding carboxylic acids is 1. The highest BCUT2D eigenvalue weighted by molar-refractivity contribution is 5.98. The normalized spacial score (nSPS) is 18.2. The molecule has 8 heteroatoms. The van der Waals surface area contributed by atoms with Crippen LogP contribution in [-0.2, 0) is 16.1 Å². The third-order valence-corrected chi connectivity index (χ3v) is 4.98. The maximum atomic E-state index is 14.4. The molecule has 3 heterocycles. The second-order valence-electron chi connectivity index (χ2n) is 6.84. The number of likely N-dealkylation sites (N-methyl/N-ethyl adjacent to an activating group) is 1. The van der Waals surface area contributed by atoms with E-state index in [-0.39, 0.29) is 30.7 Å². The highest BCUT2D eigenvalue weighted by Crippen LogP contribution is 2.31. The number of nitrogens with one attached hydrogen (secondary N) is 1. The molecule has 0 saturated carbocycles. The fraction of sp³-hybridized carbons (Fsp3) is 0.421. The van der Waals surface area contributed by atoms with E-state index in [1.165, 1.54) is 17.3 Å². The number of hydrogen-bond acceptors (Lipinski definition) is 6. The molecule has 1 aromatic heterocycles. The molecular weight excluding hydrogens is 349 g/mol. The summed E-state index contributed by atoms with van der Waals surface area (Å²) in [6, 6.07) is 6.57. The molecule has 4 rings (SSSR count). The zero-order chi connectivity index (χ0) is 18.8. The standard InChI is InChI=1S/C19H22FN5O2/c1-24-11-17(26)25(16-5-3-2-4-15(16)20)10-14-18(21-12-22-19(14)24)23-13-6-8-27-9-7-13/h2-5,12-13H,6-11H2,1H3,(H,21,22,23). The van der Waals surface area contributed by atoms with E-state index in [1.807, 2.05) is 7.05 Å². The molecule has 27 heavy (non-hydrogen) atoms. The minimum absolute atomic E-state index is 0.120. The van der Waals surface area contributed by atoms with Crippen LogP contribution in [0.25, 0.3) is 0 Å². The number of anilines is 3. The molecule has 0 aliphatic carbocycles. The van der Waals surface area contributed by atoms with Crippen LogP contribution in [0.1, 0.15) is 18.4 Å². The third kappa shape index (κ3) is 3.57. The van der Waals surface area contributed by atoms with Crippen LogP contribution in [0.4, 0.5) is 21.7 Å². The zero-order valence-electron chi connectivity index (χ0n) is 15.2. The van der Waals surface area contributed by atoms with Gasteiger partial charge < -0.3 is 19.9 Å². The van der Waals surface area contributed by atoms with E-state index < -0.39 is 5.82 Å². The summed E-state index contributed by atoms with van der Waals surface area (Å²) >= 11 is 0. The molecule has 0 unspecified atom stereocenters. The van der Waals surface area contributed by atoms with E-state index in [1.54, 1.807) is 23.1 Å². The van der Waals surface area contributed by atoms with E-state index in [0.29, 0.717) is 24.8 Å². The minimum atomic E-state index is -0.423. The Labute approximate surface area is 157 Å². The van der Waals surface area contributed by atoms with Gasteiger partial charge in [-0.3, -0.25) is 4.79 Å². The van der Waals surface area contributed by atoms with Gasteiger partial charge in [0, 0.05) is 26.3 Å². The molecule has 1 saturated heterocycles. The lowest BCUT2D eigenvalue weighted by Crippen LogP contribution is -2.36. The summed E-state index contributed by atoms with van der Waals surface area (Å²) in [4.78, 5) is 24.8. The number of para-hydroxylation sites is 1. The number of ether oxygens (including phenoxy) is 1. The number of rotatable bonds is 3. The van der Waals surface area contributed by atoms with Crippen molar-refractivity contribution in [1.82, 2.24) is 9.97 Å². The monoisotopic (exact) mass is 371 g/mol. The highest BCUT2D eigenvalue weighted by Gasteiger charge is 2.30. The minimum Gasteiger partial charge on any atom is -0.381 e. The number of aromatic nitrogens is 2. The Morgan fingerprint density at radius 3 is 2.74 bits per heavy atom. The molecule has 7 nitrogen and oxygen atoms in total. The molecule has 0 radical (unpaired) electrons. The van der Waals surface area contributed by atoms with Crippen LogP contribution in [0.5, 0.6) is 0 Å². The Morgan fingerprint density at radius 2 is 1.96 bits per heavy atom. The Bertz CT molecular complexity index is 841. The molecule has 1 aromatic carbocycles. The van der Waals surface area contributed by atoms with Gasteiger partial charge in [0.1, 0.15) is 23.8 Å². The van der Waals surface area contributed by atoms with Crippen molar-refractivity contribution in [1.29, 1.82) is 0 Å². The Morgan fingerprint density at radius 1 is 1.19 bits per heavy atom. The summed E-state index contributed by atoms with van der Waals surface area (Å²) in [5, 5.41) is 3.47. The summed E-state index contributed by atoms with van der Waals surface area (Å²) < 4.78 is 19.8. The average Bonchev–Trinajstić information content (AvgIpc) is 2.80. The summed E-state index contributed by atoms with van der Waals surface area (Å²) in [6.45, 7) is 1.76. The summed E-state index contributed by atoms with van der Waals surface area (Å²) in [6.07, 6.45) is 3.29. The number of hydrogen-bond donors (Lipinski definition) is 1. The number of benzene rings is 1. The quantitative estimate of drug-likeness (QED) is 0.892. The molecule has 0 atom stereocenters. The lowest BCUT2D eigenvalue weighted by Gasteiger charge is -2.26. The van der Waals surface area contributed by atoms with E-state index >= 15 is 0 Å². The first kappa shape index (κ1) is 17.7. The van der Waals surface area contributed by atoms with Crippen molar-refractivity contribution < 1.29 is 13.9 Å². The van der Waals surface area contributed by atoms with Gasteiger partial charge in [-0.1, -0.05) is 12.1 Å². The lowest BCUT2D eigenvalue weighted by atomic mass is 10.1. The van der Waals surface area contributed by atoms with E-state index in [0.717, 1.165) is 18.4 Å². The van der Waals surface area contributed by atoms with Gasteiger partial charge in [-0.2, -0.15) is 0 Å². The SMILES string of the molecule is CN1CC(=O)N(c2ccccc2F)Cc2c(NC3CCOCC3)ncnc21. The molecule has 2 aromatic rings. The van der Waals surface area contributed by atoms with Crippen LogP contribution < -0.4 is 15.1 Å². The molecule has 2 aliphatic rings. The van der Waals surface area contributed by atoms with Gasteiger partial charge in [-0.05, 0) is 25.0 Å². The fourth-order valence-corrected chi connectivity index (χ4v) is 3.54. The zero-order valence-corrected chi connectivity index (χ0v) is 15.2. The molecule has 1 N–H and O–H groups in total. The van der Waals surface area contributed by atoms with Gasteiger partial charge in [0.15, 0.2) is 0 Å². The van der Waals surface area contributed by atoms with Crippen LogP contribution in [0.3, 0.4) is 0 Å². The lowest BCUT2D eigenvalue weighted by molar-refractivity contribution is -0.117. The van der Waals surface area contributed by atoms with Crippen molar-refractivity contribution in [3.63, 3.8) is 0 Å². The van der Waals surface area contributed by atoms with Crippen molar-refractivity contribution in [2.24, 2.45) is 0 Å². The van der Waals surface area contributed by atoms with Crippen LogP contribution in [0.2, 0.25) is 0 Å². The van der Waals surface area contributed by atoms with Crippen molar-refractivity contribution in [3.05, 3.63) is 42.0 Å². The Balaban J connectivity index is 1.71. The molecule has 142 valence electrons. The summed E-state index contributed by atoms with van der Waals surface area (Å²) in [5.41, 5.74) is 1.06. The van der Waals surface area contributed by atoms with Gasteiger partial charge in [-0.15, -0.1) is 0 Å². The number of amides is 1. The van der Waals surface area contributed by atoms with Crippen LogP contribution in [-0.4, -0.2) is 48.7 Å². The second kappa shape index (κ2) is 7.48. The van der Waals surface area contributed by atoms with E-state index in [2.05, 4.69) is 15.3 Å². The maximum absolute atomic E-state index is 14.4. The Hall–Kier alpha value is -2.74. The molecular formula is C19H22FN5O2. The van der Waals surface area contributed by atoms with E-state index in [9.17, 15) is 9.18 Å². The predicted octanol–water partition coefficient (Wildman–Crippen LogP) is 2.19. The number of fused-ring (bicyclic) bond motifs is 1. The second-order valence-corrected chi connectivity index (χ2v) is 6.84. The van der Waals surface area contributed by atoms with Gasteiger partial charge in [0.25, 0.3) is 0 Å². The summed E-state index contributed by atoms with van der Waals surface area (Å²) in [5.74, 6) is 0.770. The third-order valence-electron chi connectivity index (χ3n) is 4.98. The van der Waals surface area contributed by atoms with Crippen molar-refractivity contribution >= 4 is 23.2 Å². The first-order valence-corrected chi connectivity index (χ1v) is 9.07. The number of carbonyl (C=O) groups is 1. The van der Waals surface area contributed by atoms with Crippen molar-refractivity contribution in [2.45, 2.75) is 25.4 Å². The van der Waals surface area contributed by atoms with Crippen molar-refractivity contribution in [3.8, 4) is 0 Å². The van der Waals surface area contributed by atoms with Crippen LogP contribution >= 0.6 is 0 Å². The fourth-order valence-electron chi connectivity index (χ4n) is 3.54. The van der Waals surface area contributed by atoms with Gasteiger partial charge in [0.2, 0.25) is 5.91 Å². The molecule has 0 bridgehead atoms. The van der Waals surface area contributed by atoms with Crippen LogP contribution in [0.15, 0.2) is 30.6 Å². The first-order valence-electron chi connectivity index (χ1n) is 9.07. The first-order chi connectivity index (χ1) is 13.1. The molecule has 2 aliphatic heterocycles. The average molecular weight is 371 g/mol. The van der Waals surface area contributed by atoms with Gasteiger partial charge in [0.05, 0.1) is 24.3 Å². The van der Waals surface area contributed by atoms with Crippen LogP contribution in [0, 0.1) is 5.82 Å². The smallest absolute Gasteiger partial charge is 0.246 e. The largest absolute Gasteiger partial charge is 0.381 e. The van der Waals surface area contributed by atoms with Gasteiger partial charge >= 0.3 is 0 Å². The summed E-state index contributed by atoms with van der Waals surface area (Å²) in [7, 11) is 1.81. The number of halogens is 1. The maximum Gasteiger partial charge on any atom is 0.246 e. The molecule has 0 spiro atoms. The molecule has 1 amide bonds. The highest BCUT2D eigenvalue weighted by atomic mass is 19.1. The van der Waals surface area contributed by atoms with E-state index in [4.69, 9.17) is 4.74 Å². The molecule has 1 fully saturated rings. The predicted molar refractivity (Wildman–Crippen MR) is 100 cm³/mol. The van der Waals surface area contributed by atoms with Crippen molar-refractivity contribution in [2.75, 3.05) is 41.9 Å². The topological polar surface area (TPSA) is 70.6 Å². The Kier molecular flexibility index (Phi) is 4.89.